The fourth-order valence-corrected chi connectivity index (χ4v) is 3.56. The molecule has 0 bridgehead atoms. The van der Waals surface area contributed by atoms with Gasteiger partial charge < -0.3 is 15.4 Å². The van der Waals surface area contributed by atoms with Crippen molar-refractivity contribution >= 4 is 18.3 Å². The summed E-state index contributed by atoms with van der Waals surface area (Å²) in [6.45, 7) is 3.11. The van der Waals surface area contributed by atoms with E-state index in [0.717, 1.165) is 43.7 Å². The van der Waals surface area contributed by atoms with Gasteiger partial charge in [-0.3, -0.25) is 4.79 Å². The summed E-state index contributed by atoms with van der Waals surface area (Å²) in [5, 5.41) is 0. The summed E-state index contributed by atoms with van der Waals surface area (Å²) in [5.41, 5.74) is 6.72. The molecule has 0 aromatic heterocycles. The van der Waals surface area contributed by atoms with Crippen LogP contribution in [0, 0.1) is 5.92 Å². The molecule has 4 nitrogen and oxygen atoms in total. The molecule has 2 aliphatic heterocycles. The molecule has 2 N–H and O–H groups in total. The number of rotatable bonds is 3. The first-order chi connectivity index (χ1) is 10.3. The fourth-order valence-electron chi connectivity index (χ4n) is 3.56. The van der Waals surface area contributed by atoms with Crippen LogP contribution in [0.3, 0.4) is 0 Å². The molecule has 2 unspecified atom stereocenters. The number of para-hydroxylation sites is 1. The Bertz CT molecular complexity index is 507. The average molecular weight is 325 g/mol. The number of amides is 1. The number of hydrogen-bond acceptors (Lipinski definition) is 3. The van der Waals surface area contributed by atoms with E-state index in [1.165, 1.54) is 6.42 Å². The molecule has 0 spiro atoms. The summed E-state index contributed by atoms with van der Waals surface area (Å²) in [6, 6.07) is 7.94. The minimum absolute atomic E-state index is 0. The van der Waals surface area contributed by atoms with Crippen molar-refractivity contribution in [1.29, 1.82) is 0 Å². The third-order valence-corrected chi connectivity index (χ3v) is 4.66. The quantitative estimate of drug-likeness (QED) is 0.929. The fraction of sp³-hybridized carbons (Fsp3) is 0.588. The van der Waals surface area contributed by atoms with Crippen LogP contribution in [0.1, 0.15) is 37.2 Å². The topological polar surface area (TPSA) is 55.6 Å². The smallest absolute Gasteiger partial charge is 0.230 e. The Labute approximate surface area is 138 Å². The van der Waals surface area contributed by atoms with Gasteiger partial charge in [0.15, 0.2) is 0 Å². The number of piperidine rings is 1. The van der Waals surface area contributed by atoms with Gasteiger partial charge in [0.05, 0.1) is 12.5 Å². The van der Waals surface area contributed by atoms with E-state index in [1.807, 2.05) is 24.3 Å². The van der Waals surface area contributed by atoms with Crippen LogP contribution in [0.2, 0.25) is 0 Å². The normalized spacial score (nSPS) is 24.0. The van der Waals surface area contributed by atoms with Crippen LogP contribution in [0.15, 0.2) is 24.3 Å². The van der Waals surface area contributed by atoms with Gasteiger partial charge in [-0.2, -0.15) is 0 Å². The zero-order valence-electron chi connectivity index (χ0n) is 12.9. The van der Waals surface area contributed by atoms with Crippen molar-refractivity contribution in [2.24, 2.45) is 11.7 Å². The van der Waals surface area contributed by atoms with Crippen LogP contribution in [0.25, 0.3) is 0 Å². The van der Waals surface area contributed by atoms with Crippen molar-refractivity contribution in [3.8, 4) is 5.75 Å². The monoisotopic (exact) mass is 324 g/mol. The Morgan fingerprint density at radius 1 is 1.32 bits per heavy atom. The first-order valence-electron chi connectivity index (χ1n) is 8.00. The van der Waals surface area contributed by atoms with E-state index in [9.17, 15) is 4.79 Å². The highest BCUT2D eigenvalue weighted by Gasteiger charge is 2.32. The molecule has 122 valence electrons. The molecule has 3 rings (SSSR count). The van der Waals surface area contributed by atoms with Crippen molar-refractivity contribution in [1.82, 2.24) is 4.90 Å². The predicted molar refractivity (Wildman–Crippen MR) is 89.5 cm³/mol. The second-order valence-electron chi connectivity index (χ2n) is 6.10. The highest BCUT2D eigenvalue weighted by Crippen LogP contribution is 2.35. The molecular weight excluding hydrogens is 300 g/mol. The van der Waals surface area contributed by atoms with Crippen LogP contribution >= 0.6 is 12.4 Å². The summed E-state index contributed by atoms with van der Waals surface area (Å²) in [5.74, 6) is 1.68. The van der Waals surface area contributed by atoms with Crippen LogP contribution in [-0.2, 0) is 4.79 Å². The molecule has 1 fully saturated rings. The van der Waals surface area contributed by atoms with Gasteiger partial charge in [0.2, 0.25) is 5.91 Å². The van der Waals surface area contributed by atoms with Gasteiger partial charge in [0, 0.05) is 18.7 Å². The maximum atomic E-state index is 12.9. The molecule has 2 aliphatic rings. The molecular formula is C17H25ClN2O2. The minimum atomic E-state index is -0.0356. The van der Waals surface area contributed by atoms with Crippen molar-refractivity contribution < 1.29 is 9.53 Å². The first-order valence-corrected chi connectivity index (χ1v) is 8.00. The number of nitrogens with two attached hydrogens (primary N) is 1. The number of fused-ring (bicyclic) bond motifs is 1. The SMILES string of the molecule is Cl.NCCC1CCCN(C(=O)C2CCOc3ccccc32)C1. The third kappa shape index (κ3) is 3.55. The lowest BCUT2D eigenvalue weighted by atomic mass is 9.89. The van der Waals surface area contributed by atoms with Gasteiger partial charge in [-0.1, -0.05) is 18.2 Å². The summed E-state index contributed by atoms with van der Waals surface area (Å²) >= 11 is 0. The number of likely N-dealkylation sites (tertiary alicyclic amines) is 1. The molecule has 2 heterocycles. The van der Waals surface area contributed by atoms with Crippen molar-refractivity contribution in [3.05, 3.63) is 29.8 Å². The molecule has 1 saturated heterocycles. The lowest BCUT2D eigenvalue weighted by Crippen LogP contribution is -2.43. The van der Waals surface area contributed by atoms with Crippen LogP contribution in [0.4, 0.5) is 0 Å². The Hall–Kier alpha value is -1.26. The van der Waals surface area contributed by atoms with E-state index < -0.39 is 0 Å². The summed E-state index contributed by atoms with van der Waals surface area (Å²) < 4.78 is 5.66. The minimum Gasteiger partial charge on any atom is -0.493 e. The number of hydrogen-bond donors (Lipinski definition) is 1. The maximum Gasteiger partial charge on any atom is 0.230 e. The Balaban J connectivity index is 0.00000176. The zero-order chi connectivity index (χ0) is 14.7. The van der Waals surface area contributed by atoms with E-state index in [4.69, 9.17) is 10.5 Å². The number of carbonyl (C=O) groups is 1. The van der Waals surface area contributed by atoms with Crippen LogP contribution in [0.5, 0.6) is 5.75 Å². The molecule has 0 saturated carbocycles. The van der Waals surface area contributed by atoms with E-state index in [-0.39, 0.29) is 24.2 Å². The largest absolute Gasteiger partial charge is 0.493 e. The van der Waals surface area contributed by atoms with Gasteiger partial charge >= 0.3 is 0 Å². The molecule has 0 aliphatic carbocycles. The van der Waals surface area contributed by atoms with E-state index in [2.05, 4.69) is 4.90 Å². The van der Waals surface area contributed by atoms with Gasteiger partial charge in [-0.25, -0.2) is 0 Å². The van der Waals surface area contributed by atoms with Gasteiger partial charge in [-0.05, 0) is 44.2 Å². The standard InChI is InChI=1S/C17H24N2O2.ClH/c18-9-7-13-4-3-10-19(12-13)17(20)15-8-11-21-16-6-2-1-5-14(15)16;/h1-2,5-6,13,15H,3-4,7-12,18H2;1H. The number of benzene rings is 1. The second kappa shape index (κ2) is 7.84. The van der Waals surface area contributed by atoms with E-state index >= 15 is 0 Å². The number of ether oxygens (including phenoxy) is 1. The van der Waals surface area contributed by atoms with Gasteiger partial charge in [0.1, 0.15) is 5.75 Å². The summed E-state index contributed by atoms with van der Waals surface area (Å²) in [6.07, 6.45) is 4.11. The van der Waals surface area contributed by atoms with Crippen molar-refractivity contribution in [2.45, 2.75) is 31.6 Å². The molecule has 2 atom stereocenters. The van der Waals surface area contributed by atoms with Gasteiger partial charge in [0.25, 0.3) is 0 Å². The molecule has 0 radical (unpaired) electrons. The highest BCUT2D eigenvalue weighted by molar-refractivity contribution is 5.85. The number of halogens is 1. The van der Waals surface area contributed by atoms with E-state index in [1.54, 1.807) is 0 Å². The van der Waals surface area contributed by atoms with Crippen LogP contribution < -0.4 is 10.5 Å². The Morgan fingerprint density at radius 3 is 2.95 bits per heavy atom. The lowest BCUT2D eigenvalue weighted by molar-refractivity contribution is -0.135. The number of carbonyl (C=O) groups excluding carboxylic acids is 1. The van der Waals surface area contributed by atoms with Crippen molar-refractivity contribution in [3.63, 3.8) is 0 Å². The first kappa shape index (κ1) is 17.1. The van der Waals surface area contributed by atoms with Crippen LogP contribution in [-0.4, -0.2) is 37.0 Å². The molecule has 1 aromatic rings. The highest BCUT2D eigenvalue weighted by atomic mass is 35.5. The van der Waals surface area contributed by atoms with Gasteiger partial charge in [-0.15, -0.1) is 12.4 Å². The molecule has 5 heteroatoms. The van der Waals surface area contributed by atoms with E-state index in [0.29, 0.717) is 19.1 Å². The summed E-state index contributed by atoms with van der Waals surface area (Å²) in [7, 11) is 0. The number of nitrogens with zero attached hydrogens (tertiary/aromatic N) is 1. The molecule has 22 heavy (non-hydrogen) atoms. The second-order valence-corrected chi connectivity index (χ2v) is 6.10. The summed E-state index contributed by atoms with van der Waals surface area (Å²) in [4.78, 5) is 15.0. The Morgan fingerprint density at radius 2 is 2.14 bits per heavy atom. The molecule has 1 amide bonds. The maximum absolute atomic E-state index is 12.9. The predicted octanol–water partition coefficient (Wildman–Crippen LogP) is 2.56. The zero-order valence-corrected chi connectivity index (χ0v) is 13.7. The third-order valence-electron chi connectivity index (χ3n) is 4.66. The van der Waals surface area contributed by atoms with Crippen molar-refractivity contribution in [2.75, 3.05) is 26.2 Å². The molecule has 1 aromatic carbocycles. The average Bonchev–Trinajstić information content (AvgIpc) is 2.54. The Kier molecular flexibility index (Phi) is 6.09. The lowest BCUT2D eigenvalue weighted by Gasteiger charge is -2.36.